The molecule has 1 aliphatic rings. The van der Waals surface area contributed by atoms with E-state index in [2.05, 4.69) is 11.9 Å². The van der Waals surface area contributed by atoms with Crippen LogP contribution in [0.2, 0.25) is 0 Å². The Kier molecular flexibility index (Phi) is 4.10. The maximum atomic E-state index is 11.9. The van der Waals surface area contributed by atoms with Crippen LogP contribution >= 0.6 is 0 Å². The quantitative estimate of drug-likeness (QED) is 0.831. The average Bonchev–Trinajstić information content (AvgIpc) is 3.00. The Morgan fingerprint density at radius 3 is 2.95 bits per heavy atom. The summed E-state index contributed by atoms with van der Waals surface area (Å²) >= 11 is 0. The summed E-state index contributed by atoms with van der Waals surface area (Å²) < 4.78 is 11.2. The molecule has 1 aliphatic heterocycles. The van der Waals surface area contributed by atoms with Crippen LogP contribution in [0.1, 0.15) is 38.9 Å². The summed E-state index contributed by atoms with van der Waals surface area (Å²) in [6.07, 6.45) is 4.60. The van der Waals surface area contributed by atoms with Crippen LogP contribution in [0.3, 0.4) is 0 Å². The van der Waals surface area contributed by atoms with Crippen LogP contribution in [0.15, 0.2) is 35.0 Å². The zero-order chi connectivity index (χ0) is 13.9. The monoisotopic (exact) mass is 263 g/mol. The first-order chi connectivity index (χ1) is 9.01. The van der Waals surface area contributed by atoms with Crippen molar-refractivity contribution < 1.29 is 13.9 Å². The molecular weight excluding hydrogens is 242 g/mol. The highest BCUT2D eigenvalue weighted by Crippen LogP contribution is 2.31. The summed E-state index contributed by atoms with van der Waals surface area (Å²) in [6.45, 7) is 8.14. The lowest BCUT2D eigenvalue weighted by atomic mass is 9.90. The van der Waals surface area contributed by atoms with E-state index in [1.807, 2.05) is 19.1 Å². The molecule has 0 aliphatic carbocycles. The maximum Gasteiger partial charge on any atom is 0.247 e. The Morgan fingerprint density at radius 2 is 2.42 bits per heavy atom. The minimum absolute atomic E-state index is 0.156. The van der Waals surface area contributed by atoms with Gasteiger partial charge in [-0.25, -0.2) is 0 Å². The van der Waals surface area contributed by atoms with Crippen molar-refractivity contribution in [2.24, 2.45) is 0 Å². The lowest BCUT2D eigenvalue weighted by Crippen LogP contribution is -2.45. The maximum absolute atomic E-state index is 11.9. The number of hydrogen-bond donors (Lipinski definition) is 1. The minimum atomic E-state index is -0.561. The predicted molar refractivity (Wildman–Crippen MR) is 72.6 cm³/mol. The summed E-state index contributed by atoms with van der Waals surface area (Å²) in [5.41, 5.74) is -0.0701. The second-order valence-electron chi connectivity index (χ2n) is 5.38. The fourth-order valence-electron chi connectivity index (χ4n) is 2.42. The molecule has 19 heavy (non-hydrogen) atoms. The van der Waals surface area contributed by atoms with Crippen molar-refractivity contribution in [3.05, 3.63) is 36.3 Å². The molecule has 1 fully saturated rings. The first-order valence-corrected chi connectivity index (χ1v) is 6.65. The van der Waals surface area contributed by atoms with Crippen molar-refractivity contribution in [2.75, 3.05) is 6.61 Å². The van der Waals surface area contributed by atoms with Gasteiger partial charge < -0.3 is 14.5 Å². The van der Waals surface area contributed by atoms with Crippen molar-refractivity contribution in [1.29, 1.82) is 0 Å². The first-order valence-electron chi connectivity index (χ1n) is 6.65. The van der Waals surface area contributed by atoms with Gasteiger partial charge in [-0.05, 0) is 38.8 Å². The Labute approximate surface area is 113 Å². The molecule has 1 aromatic rings. The normalized spacial score (nSPS) is 21.9. The number of furan rings is 1. The summed E-state index contributed by atoms with van der Waals surface area (Å²) in [7, 11) is 0. The predicted octanol–water partition coefficient (Wildman–Crippen LogP) is 2.76. The van der Waals surface area contributed by atoms with E-state index in [9.17, 15) is 4.79 Å². The number of amides is 1. The highest BCUT2D eigenvalue weighted by molar-refractivity contribution is 5.92. The van der Waals surface area contributed by atoms with Crippen molar-refractivity contribution in [2.45, 2.75) is 44.8 Å². The summed E-state index contributed by atoms with van der Waals surface area (Å²) in [4.78, 5) is 11.9. The van der Waals surface area contributed by atoms with Crippen LogP contribution in [0.25, 0.3) is 0 Å². The number of nitrogens with one attached hydrogen (secondary N) is 1. The average molecular weight is 263 g/mol. The molecule has 4 heteroatoms. The Bertz CT molecular complexity index is 446. The zero-order valence-electron chi connectivity index (χ0n) is 11.6. The van der Waals surface area contributed by atoms with Crippen LogP contribution in [0.4, 0.5) is 0 Å². The van der Waals surface area contributed by atoms with E-state index < -0.39 is 5.54 Å². The molecule has 2 heterocycles. The summed E-state index contributed by atoms with van der Waals surface area (Å²) in [6, 6.07) is 3.71. The van der Waals surface area contributed by atoms with Gasteiger partial charge in [-0.1, -0.05) is 6.58 Å². The van der Waals surface area contributed by atoms with Crippen molar-refractivity contribution >= 4 is 5.91 Å². The van der Waals surface area contributed by atoms with Gasteiger partial charge in [0.05, 0.1) is 17.9 Å². The van der Waals surface area contributed by atoms with Gasteiger partial charge in [0, 0.05) is 18.6 Å². The number of ether oxygens (including phenoxy) is 1. The second kappa shape index (κ2) is 5.61. The zero-order valence-corrected chi connectivity index (χ0v) is 11.6. The van der Waals surface area contributed by atoms with Gasteiger partial charge in [-0.2, -0.15) is 0 Å². The molecule has 1 saturated heterocycles. The Balaban J connectivity index is 2.16. The number of carbonyl (C=O) groups excluding carboxylic acids is 1. The number of hydrogen-bond acceptors (Lipinski definition) is 3. The van der Waals surface area contributed by atoms with Gasteiger partial charge in [0.1, 0.15) is 5.76 Å². The third kappa shape index (κ3) is 3.26. The van der Waals surface area contributed by atoms with E-state index in [0.29, 0.717) is 12.0 Å². The standard InChI is InChI=1S/C15H21NO3/c1-11(2)14(17)16-15(3,13-7-5-9-19-13)10-12-6-4-8-18-12/h5,7,9,12H,1,4,6,8,10H2,2-3H3,(H,16,17). The van der Waals surface area contributed by atoms with Gasteiger partial charge in [0.15, 0.2) is 0 Å². The van der Waals surface area contributed by atoms with Crippen molar-refractivity contribution in [3.63, 3.8) is 0 Å². The van der Waals surface area contributed by atoms with Gasteiger partial charge in [0.2, 0.25) is 5.91 Å². The molecule has 1 amide bonds. The van der Waals surface area contributed by atoms with Gasteiger partial charge >= 0.3 is 0 Å². The number of rotatable bonds is 5. The van der Waals surface area contributed by atoms with Crippen LogP contribution in [0.5, 0.6) is 0 Å². The van der Waals surface area contributed by atoms with E-state index in [1.54, 1.807) is 13.2 Å². The first kappa shape index (κ1) is 13.9. The van der Waals surface area contributed by atoms with Crippen LogP contribution in [-0.2, 0) is 15.1 Å². The highest BCUT2D eigenvalue weighted by Gasteiger charge is 2.35. The lowest BCUT2D eigenvalue weighted by molar-refractivity contribution is -0.119. The fraction of sp³-hybridized carbons (Fsp3) is 0.533. The summed E-state index contributed by atoms with van der Waals surface area (Å²) in [5, 5.41) is 3.01. The molecule has 2 unspecified atom stereocenters. The third-order valence-electron chi connectivity index (χ3n) is 3.50. The smallest absolute Gasteiger partial charge is 0.247 e. The molecule has 0 spiro atoms. The molecule has 1 N–H and O–H groups in total. The van der Waals surface area contributed by atoms with Gasteiger partial charge in [-0.3, -0.25) is 4.79 Å². The van der Waals surface area contributed by atoms with E-state index in [4.69, 9.17) is 9.15 Å². The summed E-state index contributed by atoms with van der Waals surface area (Å²) in [5.74, 6) is 0.592. The Morgan fingerprint density at radius 1 is 1.63 bits per heavy atom. The molecule has 2 atom stereocenters. The molecule has 2 rings (SSSR count). The minimum Gasteiger partial charge on any atom is -0.467 e. The second-order valence-corrected chi connectivity index (χ2v) is 5.38. The molecule has 0 bridgehead atoms. The van der Waals surface area contributed by atoms with Crippen molar-refractivity contribution in [3.8, 4) is 0 Å². The van der Waals surface area contributed by atoms with Crippen LogP contribution < -0.4 is 5.32 Å². The molecule has 104 valence electrons. The molecule has 0 saturated carbocycles. The van der Waals surface area contributed by atoms with E-state index in [0.717, 1.165) is 25.2 Å². The molecular formula is C15H21NO3. The van der Waals surface area contributed by atoms with Crippen LogP contribution in [-0.4, -0.2) is 18.6 Å². The van der Waals surface area contributed by atoms with E-state index >= 15 is 0 Å². The van der Waals surface area contributed by atoms with Gasteiger partial charge in [-0.15, -0.1) is 0 Å². The Hall–Kier alpha value is -1.55. The topological polar surface area (TPSA) is 51.5 Å². The largest absolute Gasteiger partial charge is 0.467 e. The van der Waals surface area contributed by atoms with Crippen LogP contribution in [0, 0.1) is 0 Å². The van der Waals surface area contributed by atoms with Gasteiger partial charge in [0.25, 0.3) is 0 Å². The molecule has 0 aromatic carbocycles. The molecule has 4 nitrogen and oxygen atoms in total. The van der Waals surface area contributed by atoms with E-state index in [-0.39, 0.29) is 12.0 Å². The van der Waals surface area contributed by atoms with E-state index in [1.165, 1.54) is 0 Å². The number of carbonyl (C=O) groups is 1. The molecule has 1 aromatic heterocycles. The fourth-order valence-corrected chi connectivity index (χ4v) is 2.42. The lowest BCUT2D eigenvalue weighted by Gasteiger charge is -2.31. The van der Waals surface area contributed by atoms with Crippen molar-refractivity contribution in [1.82, 2.24) is 5.32 Å². The molecule has 0 radical (unpaired) electrons. The third-order valence-corrected chi connectivity index (χ3v) is 3.50. The highest BCUT2D eigenvalue weighted by atomic mass is 16.5. The SMILES string of the molecule is C=C(C)C(=O)NC(C)(CC1CCCO1)c1ccco1.